The molecule has 0 bridgehead atoms. The van der Waals surface area contributed by atoms with E-state index in [-0.39, 0.29) is 12.5 Å². The van der Waals surface area contributed by atoms with Crippen molar-refractivity contribution in [3.8, 4) is 0 Å². The van der Waals surface area contributed by atoms with E-state index in [0.29, 0.717) is 28.2 Å². The van der Waals surface area contributed by atoms with Crippen molar-refractivity contribution in [3.05, 3.63) is 45.6 Å². The van der Waals surface area contributed by atoms with Gasteiger partial charge in [0.1, 0.15) is 5.76 Å². The monoisotopic (exact) mass is 327 g/mol. The van der Waals surface area contributed by atoms with Gasteiger partial charge >= 0.3 is 0 Å². The van der Waals surface area contributed by atoms with Crippen LogP contribution in [0.25, 0.3) is 0 Å². The fourth-order valence-corrected chi connectivity index (χ4v) is 2.32. The second-order valence-corrected chi connectivity index (χ2v) is 5.62. The zero-order valence-corrected chi connectivity index (χ0v) is 13.2. The highest BCUT2D eigenvalue weighted by Crippen LogP contribution is 2.21. The molecule has 21 heavy (non-hydrogen) atoms. The minimum absolute atomic E-state index is 0.170. The molecule has 0 atom stereocenters. The third kappa shape index (κ3) is 4.74. The molecule has 1 N–H and O–H groups in total. The molecule has 5 nitrogen and oxygen atoms in total. The van der Waals surface area contributed by atoms with Crippen LogP contribution in [0.15, 0.2) is 28.8 Å². The van der Waals surface area contributed by atoms with Gasteiger partial charge in [-0.25, -0.2) is 0 Å². The standard InChI is InChI=1S/C14H15Cl2N3O2/c1-9-5-13(18-21-9)17-14(20)8-19(2)7-10-3-4-11(15)6-12(10)16/h3-6H,7-8H2,1-2H3,(H,17,18,20). The van der Waals surface area contributed by atoms with Gasteiger partial charge in [0.15, 0.2) is 5.82 Å². The van der Waals surface area contributed by atoms with Gasteiger partial charge in [0.25, 0.3) is 0 Å². The molecule has 2 rings (SSSR count). The average Bonchev–Trinajstić information content (AvgIpc) is 2.78. The lowest BCUT2D eigenvalue weighted by Crippen LogP contribution is -2.30. The smallest absolute Gasteiger partial charge is 0.239 e. The fraction of sp³-hybridized carbons (Fsp3) is 0.286. The van der Waals surface area contributed by atoms with E-state index in [1.54, 1.807) is 25.1 Å². The van der Waals surface area contributed by atoms with Crippen LogP contribution in [0.3, 0.4) is 0 Å². The molecule has 0 spiro atoms. The van der Waals surface area contributed by atoms with Crippen LogP contribution in [0.2, 0.25) is 10.0 Å². The largest absolute Gasteiger partial charge is 0.360 e. The average molecular weight is 328 g/mol. The number of amides is 1. The van der Waals surface area contributed by atoms with Crippen molar-refractivity contribution in [3.63, 3.8) is 0 Å². The van der Waals surface area contributed by atoms with Crippen LogP contribution in [0, 0.1) is 6.92 Å². The Hall–Kier alpha value is -1.56. The van der Waals surface area contributed by atoms with Gasteiger partial charge in [0.2, 0.25) is 5.91 Å². The topological polar surface area (TPSA) is 58.4 Å². The van der Waals surface area contributed by atoms with E-state index in [2.05, 4.69) is 10.5 Å². The summed E-state index contributed by atoms with van der Waals surface area (Å²) in [7, 11) is 1.83. The quantitative estimate of drug-likeness (QED) is 0.914. The van der Waals surface area contributed by atoms with Crippen LogP contribution < -0.4 is 5.32 Å². The van der Waals surface area contributed by atoms with Gasteiger partial charge in [-0.1, -0.05) is 34.4 Å². The first-order valence-corrected chi connectivity index (χ1v) is 7.05. The minimum Gasteiger partial charge on any atom is -0.360 e. The van der Waals surface area contributed by atoms with E-state index >= 15 is 0 Å². The number of aromatic nitrogens is 1. The summed E-state index contributed by atoms with van der Waals surface area (Å²) in [4.78, 5) is 13.7. The predicted molar refractivity (Wildman–Crippen MR) is 82.7 cm³/mol. The number of likely N-dealkylation sites (N-methyl/N-ethyl adjacent to an activating group) is 1. The van der Waals surface area contributed by atoms with Gasteiger partial charge in [-0.2, -0.15) is 0 Å². The van der Waals surface area contributed by atoms with Crippen LogP contribution in [0.1, 0.15) is 11.3 Å². The summed E-state index contributed by atoms with van der Waals surface area (Å²) in [6, 6.07) is 6.97. The Kier molecular flexibility index (Phi) is 5.22. The lowest BCUT2D eigenvalue weighted by atomic mass is 10.2. The number of halogens is 2. The maximum atomic E-state index is 11.9. The molecule has 2 aromatic rings. The van der Waals surface area contributed by atoms with Gasteiger partial charge < -0.3 is 9.84 Å². The number of aryl methyl sites for hydroxylation is 1. The molecular formula is C14H15Cl2N3O2. The molecule has 0 saturated heterocycles. The normalized spacial score (nSPS) is 10.9. The molecule has 1 amide bonds. The van der Waals surface area contributed by atoms with Gasteiger partial charge in [-0.15, -0.1) is 0 Å². The molecule has 0 fully saturated rings. The number of carbonyl (C=O) groups excluding carboxylic acids is 1. The summed E-state index contributed by atoms with van der Waals surface area (Å²) in [5, 5.41) is 7.55. The van der Waals surface area contributed by atoms with Crippen molar-refractivity contribution in [2.45, 2.75) is 13.5 Å². The van der Waals surface area contributed by atoms with E-state index in [0.717, 1.165) is 5.56 Å². The van der Waals surface area contributed by atoms with Crippen LogP contribution in [0.5, 0.6) is 0 Å². The van der Waals surface area contributed by atoms with Crippen molar-refractivity contribution in [1.82, 2.24) is 10.1 Å². The Morgan fingerprint density at radius 1 is 1.38 bits per heavy atom. The van der Waals surface area contributed by atoms with Gasteiger partial charge in [-0.05, 0) is 31.7 Å². The number of hydrogen-bond acceptors (Lipinski definition) is 4. The van der Waals surface area contributed by atoms with Gasteiger partial charge in [-0.3, -0.25) is 9.69 Å². The van der Waals surface area contributed by atoms with Crippen molar-refractivity contribution in [2.75, 3.05) is 18.9 Å². The van der Waals surface area contributed by atoms with Crippen molar-refractivity contribution in [1.29, 1.82) is 0 Å². The number of rotatable bonds is 5. The van der Waals surface area contributed by atoms with E-state index in [4.69, 9.17) is 27.7 Å². The highest BCUT2D eigenvalue weighted by molar-refractivity contribution is 6.35. The number of carbonyl (C=O) groups is 1. The first-order valence-electron chi connectivity index (χ1n) is 6.29. The Balaban J connectivity index is 1.89. The summed E-state index contributed by atoms with van der Waals surface area (Å²) < 4.78 is 4.88. The van der Waals surface area contributed by atoms with Crippen LogP contribution in [-0.4, -0.2) is 29.6 Å². The van der Waals surface area contributed by atoms with Crippen LogP contribution in [0.4, 0.5) is 5.82 Å². The maximum absolute atomic E-state index is 11.9. The summed E-state index contributed by atoms with van der Waals surface area (Å²) in [6.45, 7) is 2.52. The predicted octanol–water partition coefficient (Wildman–Crippen LogP) is 3.36. The molecule has 1 aromatic heterocycles. The molecule has 7 heteroatoms. The molecule has 0 unspecified atom stereocenters. The number of benzene rings is 1. The lowest BCUT2D eigenvalue weighted by molar-refractivity contribution is -0.117. The Labute approximate surface area is 132 Å². The van der Waals surface area contributed by atoms with E-state index in [9.17, 15) is 4.79 Å². The maximum Gasteiger partial charge on any atom is 0.239 e. The van der Waals surface area contributed by atoms with E-state index in [1.807, 2.05) is 18.0 Å². The second-order valence-electron chi connectivity index (χ2n) is 4.78. The van der Waals surface area contributed by atoms with Crippen molar-refractivity contribution >= 4 is 34.9 Å². The lowest BCUT2D eigenvalue weighted by Gasteiger charge is -2.16. The molecule has 0 aliphatic carbocycles. The number of nitrogens with one attached hydrogen (secondary N) is 1. The SMILES string of the molecule is Cc1cc(NC(=O)CN(C)Cc2ccc(Cl)cc2Cl)no1. The third-order valence-electron chi connectivity index (χ3n) is 2.76. The number of nitrogens with zero attached hydrogens (tertiary/aromatic N) is 2. The number of hydrogen-bond donors (Lipinski definition) is 1. The van der Waals surface area contributed by atoms with Crippen LogP contribution >= 0.6 is 23.2 Å². The van der Waals surface area contributed by atoms with Crippen molar-refractivity contribution in [2.24, 2.45) is 0 Å². The Morgan fingerprint density at radius 2 is 2.14 bits per heavy atom. The van der Waals surface area contributed by atoms with Gasteiger partial charge in [0.05, 0.1) is 6.54 Å². The molecular weight excluding hydrogens is 313 g/mol. The summed E-state index contributed by atoms with van der Waals surface area (Å²) in [6.07, 6.45) is 0. The van der Waals surface area contributed by atoms with Crippen LogP contribution in [-0.2, 0) is 11.3 Å². The summed E-state index contributed by atoms with van der Waals surface area (Å²) >= 11 is 12.0. The van der Waals surface area contributed by atoms with E-state index in [1.165, 1.54) is 0 Å². The molecule has 112 valence electrons. The second kappa shape index (κ2) is 6.93. The number of anilines is 1. The molecule has 0 radical (unpaired) electrons. The Morgan fingerprint density at radius 3 is 2.76 bits per heavy atom. The molecule has 0 saturated carbocycles. The van der Waals surface area contributed by atoms with Crippen molar-refractivity contribution < 1.29 is 9.32 Å². The summed E-state index contributed by atoms with van der Waals surface area (Å²) in [5.41, 5.74) is 0.911. The first kappa shape index (κ1) is 15.8. The summed E-state index contributed by atoms with van der Waals surface area (Å²) in [5.74, 6) is 0.887. The first-order chi connectivity index (χ1) is 9.94. The highest BCUT2D eigenvalue weighted by atomic mass is 35.5. The fourth-order valence-electron chi connectivity index (χ4n) is 1.85. The Bertz CT molecular complexity index is 643. The van der Waals surface area contributed by atoms with E-state index < -0.39 is 0 Å². The minimum atomic E-state index is -0.170. The molecule has 1 heterocycles. The molecule has 0 aliphatic heterocycles. The zero-order valence-electron chi connectivity index (χ0n) is 11.7. The zero-order chi connectivity index (χ0) is 15.4. The van der Waals surface area contributed by atoms with Gasteiger partial charge in [0, 0.05) is 22.7 Å². The highest BCUT2D eigenvalue weighted by Gasteiger charge is 2.11. The molecule has 1 aromatic carbocycles. The molecule has 0 aliphatic rings. The third-order valence-corrected chi connectivity index (χ3v) is 3.35.